The predicted octanol–water partition coefficient (Wildman–Crippen LogP) is 1.10. The molecule has 5 nitrogen and oxygen atoms in total. The maximum Gasteiger partial charge on any atom is 0.258 e. The topological polar surface area (TPSA) is 86.8 Å². The summed E-state index contributed by atoms with van der Waals surface area (Å²) < 4.78 is 0. The molecule has 2 saturated heterocycles. The summed E-state index contributed by atoms with van der Waals surface area (Å²) >= 11 is 0. The number of aliphatic hydroxyl groups is 1. The number of rotatable bonds is 1. The van der Waals surface area contributed by atoms with Crippen molar-refractivity contribution in [1.82, 2.24) is 4.90 Å². The van der Waals surface area contributed by atoms with Gasteiger partial charge in [-0.2, -0.15) is 0 Å². The van der Waals surface area contributed by atoms with E-state index in [1.165, 1.54) is 0 Å². The normalized spacial score (nSPS) is 29.5. The highest BCUT2D eigenvalue weighted by Crippen LogP contribution is 2.38. The van der Waals surface area contributed by atoms with Gasteiger partial charge in [0.1, 0.15) is 0 Å². The Morgan fingerprint density at radius 2 is 1.89 bits per heavy atom. The van der Waals surface area contributed by atoms with Crippen molar-refractivity contribution in [2.45, 2.75) is 43.9 Å². The average molecular weight is 262 g/mol. The zero-order chi connectivity index (χ0) is 13.6. The molecular formula is C14H18N2O3. The van der Waals surface area contributed by atoms with E-state index >= 15 is 0 Å². The first kappa shape index (κ1) is 12.3. The van der Waals surface area contributed by atoms with Gasteiger partial charge in [0.25, 0.3) is 5.91 Å². The number of hydrogen-bond acceptors (Lipinski definition) is 4. The fourth-order valence-corrected chi connectivity index (χ4v) is 3.35. The van der Waals surface area contributed by atoms with Crippen LogP contribution in [0.25, 0.3) is 0 Å². The maximum atomic E-state index is 12.6. The third kappa shape index (κ3) is 1.94. The van der Waals surface area contributed by atoms with Crippen molar-refractivity contribution < 1.29 is 15.0 Å². The zero-order valence-corrected chi connectivity index (χ0v) is 10.6. The number of aromatic hydroxyl groups is 1. The lowest BCUT2D eigenvalue weighted by molar-refractivity contribution is 0.0285. The molecule has 1 aromatic rings. The van der Waals surface area contributed by atoms with E-state index in [4.69, 9.17) is 5.73 Å². The number of anilines is 1. The van der Waals surface area contributed by atoms with Crippen LogP contribution in [0.4, 0.5) is 5.69 Å². The number of nitrogens with zero attached hydrogens (tertiary/aromatic N) is 1. The molecule has 2 atom stereocenters. The molecule has 2 heterocycles. The molecule has 0 saturated carbocycles. The maximum absolute atomic E-state index is 12.6. The Balaban J connectivity index is 1.91. The van der Waals surface area contributed by atoms with Gasteiger partial charge in [-0.25, -0.2) is 0 Å². The number of aliphatic hydroxyl groups excluding tert-OH is 1. The Morgan fingerprint density at radius 1 is 1.26 bits per heavy atom. The Hall–Kier alpha value is -1.75. The second-order valence-corrected chi connectivity index (χ2v) is 5.47. The van der Waals surface area contributed by atoms with Crippen molar-refractivity contribution in [3.63, 3.8) is 0 Å². The standard InChI is InChI=1S/C14H18N2O3/c15-12-3-1-2-11(13(12)18)14(19)16-8-4-5-9(16)7-10(17)6-8/h1-3,8-10,17-18H,4-7,15H2. The Morgan fingerprint density at radius 3 is 2.53 bits per heavy atom. The highest BCUT2D eigenvalue weighted by atomic mass is 16.3. The van der Waals surface area contributed by atoms with Crippen LogP contribution in [-0.4, -0.2) is 39.2 Å². The number of carbonyl (C=O) groups excluding carboxylic acids is 1. The van der Waals surface area contributed by atoms with Gasteiger partial charge >= 0.3 is 0 Å². The molecule has 0 radical (unpaired) electrons. The van der Waals surface area contributed by atoms with Crippen molar-refractivity contribution in [1.29, 1.82) is 0 Å². The predicted molar refractivity (Wildman–Crippen MR) is 70.7 cm³/mol. The molecule has 2 aliphatic rings. The summed E-state index contributed by atoms with van der Waals surface area (Å²) in [6.07, 6.45) is 2.81. The molecule has 2 aliphatic heterocycles. The van der Waals surface area contributed by atoms with Crippen LogP contribution in [-0.2, 0) is 0 Å². The summed E-state index contributed by atoms with van der Waals surface area (Å²) in [7, 11) is 0. The minimum atomic E-state index is -0.309. The number of fused-ring (bicyclic) bond motifs is 2. The smallest absolute Gasteiger partial charge is 0.258 e. The highest BCUT2D eigenvalue weighted by molar-refractivity contribution is 5.99. The largest absolute Gasteiger partial charge is 0.505 e. The van der Waals surface area contributed by atoms with Crippen molar-refractivity contribution in [3.8, 4) is 5.75 Å². The van der Waals surface area contributed by atoms with E-state index in [9.17, 15) is 15.0 Å². The van der Waals surface area contributed by atoms with Crippen molar-refractivity contribution in [2.75, 3.05) is 5.73 Å². The fourth-order valence-electron chi connectivity index (χ4n) is 3.35. The van der Waals surface area contributed by atoms with E-state index in [0.29, 0.717) is 12.8 Å². The lowest BCUT2D eigenvalue weighted by Gasteiger charge is -2.37. The average Bonchev–Trinajstić information content (AvgIpc) is 2.64. The number of nitrogen functional groups attached to an aromatic ring is 1. The summed E-state index contributed by atoms with van der Waals surface area (Å²) in [4.78, 5) is 14.4. The fraction of sp³-hybridized carbons (Fsp3) is 0.500. The SMILES string of the molecule is Nc1cccc(C(=O)N2C3CCC2CC(O)C3)c1O. The summed E-state index contributed by atoms with van der Waals surface area (Å²) in [5.41, 5.74) is 6.11. The van der Waals surface area contributed by atoms with E-state index in [2.05, 4.69) is 0 Å². The molecule has 0 aromatic heterocycles. The zero-order valence-electron chi connectivity index (χ0n) is 10.6. The molecule has 5 heteroatoms. The Labute approximate surface area is 111 Å². The van der Waals surface area contributed by atoms with Gasteiger partial charge in [-0.1, -0.05) is 6.07 Å². The first-order valence-electron chi connectivity index (χ1n) is 6.66. The number of hydrogen-bond donors (Lipinski definition) is 3. The number of amides is 1. The Bertz CT molecular complexity index is 503. The molecule has 2 unspecified atom stereocenters. The van der Waals surface area contributed by atoms with Crippen LogP contribution >= 0.6 is 0 Å². The van der Waals surface area contributed by atoms with Crippen LogP contribution in [0.5, 0.6) is 5.75 Å². The van der Waals surface area contributed by atoms with E-state index in [1.54, 1.807) is 18.2 Å². The molecule has 102 valence electrons. The lowest BCUT2D eigenvalue weighted by Crippen LogP contribution is -2.48. The molecule has 19 heavy (non-hydrogen) atoms. The molecule has 2 bridgehead atoms. The van der Waals surface area contributed by atoms with Gasteiger partial charge in [0.15, 0.2) is 5.75 Å². The number of phenolic OH excluding ortho intramolecular Hbond substituents is 1. The number of benzene rings is 1. The van der Waals surface area contributed by atoms with E-state index in [-0.39, 0.29) is 41.1 Å². The summed E-state index contributed by atoms with van der Waals surface area (Å²) in [5.74, 6) is -0.317. The van der Waals surface area contributed by atoms with E-state index in [0.717, 1.165) is 12.8 Å². The minimum absolute atomic E-state index is 0.0853. The second kappa shape index (κ2) is 4.42. The third-order valence-electron chi connectivity index (χ3n) is 4.24. The number of nitrogens with two attached hydrogens (primary N) is 1. The Kier molecular flexibility index (Phi) is 2.86. The molecular weight excluding hydrogens is 244 g/mol. The molecule has 3 rings (SSSR count). The number of para-hydroxylation sites is 1. The van der Waals surface area contributed by atoms with Gasteiger partial charge in [-0.15, -0.1) is 0 Å². The van der Waals surface area contributed by atoms with Crippen molar-refractivity contribution in [3.05, 3.63) is 23.8 Å². The first-order chi connectivity index (χ1) is 9.08. The minimum Gasteiger partial charge on any atom is -0.505 e. The molecule has 0 aliphatic carbocycles. The van der Waals surface area contributed by atoms with Crippen LogP contribution in [0.3, 0.4) is 0 Å². The number of piperidine rings is 1. The second-order valence-electron chi connectivity index (χ2n) is 5.47. The van der Waals surface area contributed by atoms with Crippen LogP contribution in [0.15, 0.2) is 18.2 Å². The van der Waals surface area contributed by atoms with Gasteiger partial charge in [-0.05, 0) is 37.8 Å². The lowest BCUT2D eigenvalue weighted by atomic mass is 9.98. The van der Waals surface area contributed by atoms with Crippen LogP contribution < -0.4 is 5.73 Å². The molecule has 0 spiro atoms. The van der Waals surface area contributed by atoms with Gasteiger partial charge in [0.2, 0.25) is 0 Å². The van der Waals surface area contributed by atoms with Gasteiger partial charge in [-0.3, -0.25) is 4.79 Å². The van der Waals surface area contributed by atoms with E-state index in [1.807, 2.05) is 4.90 Å². The summed E-state index contributed by atoms with van der Waals surface area (Å²) in [6.45, 7) is 0. The van der Waals surface area contributed by atoms with Gasteiger partial charge in [0.05, 0.1) is 17.4 Å². The molecule has 1 aromatic carbocycles. The van der Waals surface area contributed by atoms with Crippen molar-refractivity contribution in [2.24, 2.45) is 0 Å². The summed E-state index contributed by atoms with van der Waals surface area (Å²) in [5, 5.41) is 19.7. The quantitative estimate of drug-likeness (QED) is 0.522. The van der Waals surface area contributed by atoms with Gasteiger partial charge < -0.3 is 20.8 Å². The van der Waals surface area contributed by atoms with Crippen LogP contribution in [0.1, 0.15) is 36.0 Å². The van der Waals surface area contributed by atoms with E-state index < -0.39 is 0 Å². The first-order valence-corrected chi connectivity index (χ1v) is 6.66. The number of carbonyl (C=O) groups is 1. The van der Waals surface area contributed by atoms with Gasteiger partial charge in [0, 0.05) is 12.1 Å². The molecule has 4 N–H and O–H groups in total. The highest BCUT2D eigenvalue weighted by Gasteiger charge is 2.43. The van der Waals surface area contributed by atoms with Crippen molar-refractivity contribution >= 4 is 11.6 Å². The molecule has 1 amide bonds. The summed E-state index contributed by atoms with van der Waals surface area (Å²) in [6, 6.07) is 5.01. The molecule has 2 fully saturated rings. The van der Waals surface area contributed by atoms with Crippen LogP contribution in [0, 0.1) is 0 Å². The third-order valence-corrected chi connectivity index (χ3v) is 4.24. The number of phenols is 1. The van der Waals surface area contributed by atoms with Crippen LogP contribution in [0.2, 0.25) is 0 Å². The monoisotopic (exact) mass is 262 g/mol.